The van der Waals surface area contributed by atoms with Gasteiger partial charge >= 0.3 is 0 Å². The molecule has 12 heteroatoms. The van der Waals surface area contributed by atoms with Crippen molar-refractivity contribution >= 4 is 28.8 Å². The summed E-state index contributed by atoms with van der Waals surface area (Å²) in [5.41, 5.74) is 4.09. The quantitative estimate of drug-likeness (QED) is 0.178. The van der Waals surface area contributed by atoms with Gasteiger partial charge in [-0.05, 0) is 46.4 Å². The lowest BCUT2D eigenvalue weighted by molar-refractivity contribution is 0.233. The Balaban J connectivity index is 1.76. The molecule has 0 amide bonds. The predicted octanol–water partition coefficient (Wildman–Crippen LogP) is 0.841. The van der Waals surface area contributed by atoms with Crippen molar-refractivity contribution in [2.45, 2.75) is 23.9 Å². The summed E-state index contributed by atoms with van der Waals surface area (Å²) in [6, 6.07) is 4.33. The number of aryl methyl sites for hydroxylation is 1. The van der Waals surface area contributed by atoms with Gasteiger partial charge in [0, 0.05) is 12.3 Å². The van der Waals surface area contributed by atoms with Crippen molar-refractivity contribution in [3.05, 3.63) is 40.8 Å². The fraction of sp³-hybridized carbons (Fsp3) is 0.357. The van der Waals surface area contributed by atoms with Crippen molar-refractivity contribution < 1.29 is 18.4 Å². The van der Waals surface area contributed by atoms with Gasteiger partial charge in [-0.1, -0.05) is 17.8 Å². The van der Waals surface area contributed by atoms with Gasteiger partial charge < -0.3 is 0 Å². The van der Waals surface area contributed by atoms with Crippen LogP contribution < -0.4 is 15.3 Å². The second-order valence-corrected chi connectivity index (χ2v) is 7.41. The fourth-order valence-corrected chi connectivity index (χ4v) is 3.88. The fourth-order valence-electron chi connectivity index (χ4n) is 2.69. The standard InChI is InChI=1S/C14H17FN6O3S2/c15-9-3-1-8-2-4-11(10(8)7-9)18-13(19-22)12-14(21-24-20-12)25-6-5-17-26(16)23/h1,3,7,11,17,22H,2,4-6,16H2,(H,18,19). The van der Waals surface area contributed by atoms with Crippen LogP contribution in [0.5, 0.6) is 0 Å². The zero-order valence-electron chi connectivity index (χ0n) is 13.5. The second-order valence-electron chi connectivity index (χ2n) is 5.45. The summed E-state index contributed by atoms with van der Waals surface area (Å²) in [7, 11) is 0. The smallest absolute Gasteiger partial charge is 0.185 e. The van der Waals surface area contributed by atoms with Crippen LogP contribution in [0.15, 0.2) is 32.8 Å². The third kappa shape index (κ3) is 4.45. The van der Waals surface area contributed by atoms with Crippen LogP contribution in [0.4, 0.5) is 4.39 Å². The Kier molecular flexibility index (Phi) is 6.32. The highest BCUT2D eigenvalue weighted by Gasteiger charge is 2.25. The van der Waals surface area contributed by atoms with E-state index in [0.717, 1.165) is 17.5 Å². The second kappa shape index (κ2) is 8.68. The normalized spacial score (nSPS) is 18.0. The molecule has 5 N–H and O–H groups in total. The van der Waals surface area contributed by atoms with Crippen LogP contribution >= 0.6 is 11.8 Å². The molecule has 0 saturated carbocycles. The number of nitrogens with zero attached hydrogens (tertiary/aromatic N) is 3. The number of fused-ring (bicyclic) bond motifs is 1. The molecule has 26 heavy (non-hydrogen) atoms. The highest BCUT2D eigenvalue weighted by molar-refractivity contribution is 7.99. The number of halogens is 1. The molecule has 3 rings (SSSR count). The minimum atomic E-state index is -1.59. The molecule has 0 aliphatic heterocycles. The van der Waals surface area contributed by atoms with Gasteiger partial charge in [-0.2, -0.15) is 0 Å². The van der Waals surface area contributed by atoms with E-state index in [1.807, 2.05) is 5.48 Å². The molecular formula is C14H17FN6O3S2. The molecule has 1 heterocycles. The minimum Gasteiger partial charge on any atom is -0.290 e. The van der Waals surface area contributed by atoms with Crippen molar-refractivity contribution in [1.82, 2.24) is 20.5 Å². The Morgan fingerprint density at radius 1 is 1.54 bits per heavy atom. The summed E-state index contributed by atoms with van der Waals surface area (Å²) in [4.78, 5) is 4.46. The molecule has 0 saturated heterocycles. The number of nitrogens with one attached hydrogen (secondary N) is 2. The number of benzene rings is 1. The summed E-state index contributed by atoms with van der Waals surface area (Å²) in [6.45, 7) is 0.383. The van der Waals surface area contributed by atoms with Gasteiger partial charge in [0.1, 0.15) is 5.82 Å². The Labute approximate surface area is 155 Å². The van der Waals surface area contributed by atoms with Gasteiger partial charge in [0.25, 0.3) is 0 Å². The summed E-state index contributed by atoms with van der Waals surface area (Å²) >= 11 is -0.312. The first-order valence-corrected chi connectivity index (χ1v) is 9.90. The number of rotatable bonds is 7. The maximum atomic E-state index is 13.5. The average molecular weight is 400 g/mol. The lowest BCUT2D eigenvalue weighted by Gasteiger charge is -2.09. The van der Waals surface area contributed by atoms with E-state index in [1.54, 1.807) is 6.07 Å². The zero-order valence-corrected chi connectivity index (χ0v) is 15.1. The number of aliphatic imine (C=N–C) groups is 1. The molecule has 1 aromatic carbocycles. The molecule has 1 aliphatic rings. The number of aromatic nitrogens is 2. The Bertz CT molecular complexity index is 831. The van der Waals surface area contributed by atoms with E-state index in [1.165, 1.54) is 23.9 Å². The molecule has 2 aromatic rings. The van der Waals surface area contributed by atoms with Gasteiger partial charge in [0.15, 0.2) is 27.7 Å². The SMILES string of the molecule is NS(=O)NCCSc1nonc1C(=NC1CCc2ccc(F)cc21)NO. The maximum absolute atomic E-state index is 13.5. The summed E-state index contributed by atoms with van der Waals surface area (Å²) in [6.07, 6.45) is 1.48. The molecule has 2 atom stereocenters. The number of hydroxylamine groups is 1. The lowest BCUT2D eigenvalue weighted by atomic mass is 10.1. The average Bonchev–Trinajstić information content (AvgIpc) is 3.23. The summed E-state index contributed by atoms with van der Waals surface area (Å²) in [5, 5.41) is 22.6. The van der Waals surface area contributed by atoms with Crippen LogP contribution in [0.3, 0.4) is 0 Å². The number of thioether (sulfide) groups is 1. The molecule has 1 aromatic heterocycles. The molecule has 1 aliphatic carbocycles. The van der Waals surface area contributed by atoms with E-state index in [-0.39, 0.29) is 23.4 Å². The number of amidine groups is 1. The van der Waals surface area contributed by atoms with Crippen LogP contribution in [0.2, 0.25) is 0 Å². The van der Waals surface area contributed by atoms with Gasteiger partial charge in [-0.15, -0.1) is 0 Å². The van der Waals surface area contributed by atoms with E-state index in [9.17, 15) is 13.8 Å². The van der Waals surface area contributed by atoms with Gasteiger partial charge in [-0.25, -0.2) is 23.1 Å². The summed E-state index contributed by atoms with van der Waals surface area (Å²) < 4.78 is 31.6. The number of hydrogen-bond acceptors (Lipinski definition) is 7. The molecule has 140 valence electrons. The Morgan fingerprint density at radius 3 is 3.15 bits per heavy atom. The zero-order chi connectivity index (χ0) is 18.5. The molecule has 0 spiro atoms. The van der Waals surface area contributed by atoms with Gasteiger partial charge in [0.2, 0.25) is 0 Å². The van der Waals surface area contributed by atoms with E-state index in [0.29, 0.717) is 23.7 Å². The minimum absolute atomic E-state index is 0.0891. The first-order valence-electron chi connectivity index (χ1n) is 7.70. The van der Waals surface area contributed by atoms with Crippen LogP contribution in [0, 0.1) is 5.82 Å². The van der Waals surface area contributed by atoms with Crippen molar-refractivity contribution in [2.24, 2.45) is 10.1 Å². The maximum Gasteiger partial charge on any atom is 0.185 e. The van der Waals surface area contributed by atoms with E-state index in [4.69, 9.17) is 9.77 Å². The van der Waals surface area contributed by atoms with Crippen LogP contribution in [0.25, 0.3) is 0 Å². The van der Waals surface area contributed by atoms with Crippen molar-refractivity contribution in [1.29, 1.82) is 0 Å². The largest absolute Gasteiger partial charge is 0.290 e. The molecule has 0 bridgehead atoms. The van der Waals surface area contributed by atoms with Crippen LogP contribution in [-0.2, 0) is 17.6 Å². The van der Waals surface area contributed by atoms with Crippen LogP contribution in [-0.4, -0.2) is 37.9 Å². The molecule has 0 radical (unpaired) electrons. The molecule has 9 nitrogen and oxygen atoms in total. The van der Waals surface area contributed by atoms with E-state index in [2.05, 4.69) is 20.0 Å². The third-order valence-electron chi connectivity index (χ3n) is 3.81. The Morgan fingerprint density at radius 2 is 2.38 bits per heavy atom. The molecular weight excluding hydrogens is 383 g/mol. The monoisotopic (exact) mass is 400 g/mol. The first-order chi connectivity index (χ1) is 12.6. The lowest BCUT2D eigenvalue weighted by Crippen LogP contribution is -2.26. The van der Waals surface area contributed by atoms with Crippen LogP contribution in [0.1, 0.15) is 29.3 Å². The number of hydrogen-bond donors (Lipinski definition) is 4. The first kappa shape index (κ1) is 18.9. The third-order valence-corrected chi connectivity index (χ3v) is 5.25. The topological polar surface area (TPSA) is 139 Å². The van der Waals surface area contributed by atoms with Crippen molar-refractivity contribution in [3.8, 4) is 0 Å². The van der Waals surface area contributed by atoms with Gasteiger partial charge in [-0.3, -0.25) is 15.7 Å². The van der Waals surface area contributed by atoms with Gasteiger partial charge in [0.05, 0.1) is 6.04 Å². The van der Waals surface area contributed by atoms with Crippen molar-refractivity contribution in [3.63, 3.8) is 0 Å². The molecule has 2 unspecified atom stereocenters. The predicted molar refractivity (Wildman–Crippen MR) is 94.3 cm³/mol. The highest BCUT2D eigenvalue weighted by Crippen LogP contribution is 2.35. The Hall–Kier alpha value is -1.86. The van der Waals surface area contributed by atoms with E-state index < -0.39 is 11.2 Å². The number of nitrogens with two attached hydrogens (primary N) is 1. The highest BCUT2D eigenvalue weighted by atomic mass is 32.2. The molecule has 0 fully saturated rings. The van der Waals surface area contributed by atoms with Crippen molar-refractivity contribution in [2.75, 3.05) is 12.3 Å². The summed E-state index contributed by atoms with van der Waals surface area (Å²) in [5.74, 6) is 0.264. The van der Waals surface area contributed by atoms with E-state index >= 15 is 0 Å².